The van der Waals surface area contributed by atoms with Gasteiger partial charge in [-0.3, -0.25) is 0 Å². The molecule has 0 fully saturated rings. The van der Waals surface area contributed by atoms with Crippen LogP contribution in [0.3, 0.4) is 0 Å². The predicted octanol–water partition coefficient (Wildman–Crippen LogP) is -0.0867. The Balaban J connectivity index is 1.79. The van der Waals surface area contributed by atoms with Crippen molar-refractivity contribution in [3.63, 3.8) is 0 Å². The zero-order valence-electron chi connectivity index (χ0n) is 9.61. The Morgan fingerprint density at radius 3 is 2.89 bits per heavy atom. The minimum absolute atomic E-state index is 0.214. The number of hydrogen-bond acceptors (Lipinski definition) is 5. The van der Waals surface area contributed by atoms with Crippen molar-refractivity contribution in [3.8, 4) is 0 Å². The number of aromatic nitrogens is 2. The summed E-state index contributed by atoms with van der Waals surface area (Å²) in [6, 6.07) is 2.94. The molecule has 0 aromatic carbocycles. The number of primary sulfonamides is 1. The largest absolute Gasteiger partial charge is 0.447 e. The van der Waals surface area contributed by atoms with E-state index in [1.54, 1.807) is 18.6 Å². The first-order chi connectivity index (χ1) is 8.55. The normalized spacial score (nSPS) is 11.8. The number of nitrogens with zero attached hydrogens (tertiary/aromatic N) is 2. The fourth-order valence-corrected chi connectivity index (χ4v) is 1.93. The monoisotopic (exact) mass is 270 g/mol. The molecule has 2 rings (SSSR count). The number of furan rings is 1. The molecule has 0 radical (unpaired) electrons. The lowest BCUT2D eigenvalue weighted by Gasteiger charge is -2.03. The van der Waals surface area contributed by atoms with E-state index in [2.05, 4.69) is 10.3 Å². The van der Waals surface area contributed by atoms with Crippen molar-refractivity contribution in [3.05, 3.63) is 36.6 Å². The predicted molar refractivity (Wildman–Crippen MR) is 64.0 cm³/mol. The summed E-state index contributed by atoms with van der Waals surface area (Å²) in [5.74, 6) is 0.532. The van der Waals surface area contributed by atoms with Gasteiger partial charge in [0.05, 0.1) is 12.9 Å². The molecular weight excluding hydrogens is 256 g/mol. The lowest BCUT2D eigenvalue weighted by Crippen LogP contribution is -2.18. The van der Waals surface area contributed by atoms with Crippen molar-refractivity contribution < 1.29 is 12.8 Å². The Bertz CT molecular complexity index is 588. The van der Waals surface area contributed by atoms with E-state index in [1.807, 2.05) is 10.8 Å². The van der Waals surface area contributed by atoms with E-state index in [-0.39, 0.29) is 5.09 Å². The average molecular weight is 270 g/mol. The van der Waals surface area contributed by atoms with Crippen LogP contribution < -0.4 is 10.5 Å². The minimum atomic E-state index is -3.75. The van der Waals surface area contributed by atoms with E-state index in [0.717, 1.165) is 13.1 Å². The molecule has 0 atom stereocenters. The van der Waals surface area contributed by atoms with Gasteiger partial charge in [0, 0.05) is 25.5 Å². The molecule has 2 aromatic rings. The van der Waals surface area contributed by atoms with Crippen molar-refractivity contribution in [2.75, 3.05) is 6.54 Å². The summed E-state index contributed by atoms with van der Waals surface area (Å²) in [5, 5.41) is 7.85. The van der Waals surface area contributed by atoms with E-state index in [4.69, 9.17) is 9.56 Å². The van der Waals surface area contributed by atoms with Crippen LogP contribution in [0.2, 0.25) is 0 Å². The van der Waals surface area contributed by atoms with Crippen LogP contribution >= 0.6 is 0 Å². The zero-order chi connectivity index (χ0) is 13.0. The molecule has 0 aliphatic carbocycles. The lowest BCUT2D eigenvalue weighted by atomic mass is 10.4. The molecule has 0 spiro atoms. The summed E-state index contributed by atoms with van der Waals surface area (Å²) in [4.78, 5) is 3.93. The third kappa shape index (κ3) is 3.42. The molecule has 0 saturated heterocycles. The van der Waals surface area contributed by atoms with Crippen molar-refractivity contribution >= 4 is 10.0 Å². The zero-order valence-corrected chi connectivity index (χ0v) is 10.4. The Hall–Kier alpha value is -1.64. The second-order valence-electron chi connectivity index (χ2n) is 3.74. The van der Waals surface area contributed by atoms with Crippen LogP contribution in [0.15, 0.2) is 40.4 Å². The number of rotatable bonds is 6. The Labute approximate surface area is 105 Å². The van der Waals surface area contributed by atoms with Crippen molar-refractivity contribution in [1.82, 2.24) is 14.9 Å². The van der Waals surface area contributed by atoms with Crippen LogP contribution in [-0.2, 0) is 23.1 Å². The maximum atomic E-state index is 11.0. The molecule has 0 bridgehead atoms. The van der Waals surface area contributed by atoms with Crippen LogP contribution in [-0.4, -0.2) is 24.5 Å². The minimum Gasteiger partial charge on any atom is -0.447 e. The van der Waals surface area contributed by atoms with Crippen LogP contribution in [0.5, 0.6) is 0 Å². The molecule has 2 aromatic heterocycles. The summed E-state index contributed by atoms with van der Waals surface area (Å²) in [6.07, 6.45) is 5.31. The molecule has 0 aliphatic rings. The molecule has 8 heteroatoms. The SMILES string of the molecule is NS(=O)(=O)c1ccc(CNCCn2ccnc2)o1. The number of nitrogens with one attached hydrogen (secondary N) is 1. The Morgan fingerprint density at radius 2 is 2.28 bits per heavy atom. The standard InChI is InChI=1S/C10H14N4O3S/c11-18(15,16)10-2-1-9(17-10)7-12-3-5-14-6-4-13-8-14/h1-2,4,6,8,12H,3,5,7H2,(H2,11,15,16). The van der Waals surface area contributed by atoms with Crippen LogP contribution in [0.1, 0.15) is 5.76 Å². The Kier molecular flexibility index (Phi) is 3.80. The topological polar surface area (TPSA) is 103 Å². The second-order valence-corrected chi connectivity index (χ2v) is 5.24. The van der Waals surface area contributed by atoms with Gasteiger partial charge in [0.25, 0.3) is 10.0 Å². The highest BCUT2D eigenvalue weighted by molar-refractivity contribution is 7.89. The van der Waals surface area contributed by atoms with E-state index in [0.29, 0.717) is 12.3 Å². The van der Waals surface area contributed by atoms with Crippen LogP contribution in [0, 0.1) is 0 Å². The summed E-state index contributed by atoms with van der Waals surface area (Å²) in [6.45, 7) is 1.95. The first kappa shape index (κ1) is 12.8. The summed E-state index contributed by atoms with van der Waals surface area (Å²) >= 11 is 0. The number of imidazole rings is 1. The van der Waals surface area contributed by atoms with Crippen molar-refractivity contribution in [1.29, 1.82) is 0 Å². The maximum absolute atomic E-state index is 11.0. The first-order valence-corrected chi connectivity index (χ1v) is 6.88. The highest BCUT2D eigenvalue weighted by atomic mass is 32.2. The van der Waals surface area contributed by atoms with Gasteiger partial charge < -0.3 is 14.3 Å². The van der Waals surface area contributed by atoms with Gasteiger partial charge in [-0.05, 0) is 12.1 Å². The van der Waals surface area contributed by atoms with Gasteiger partial charge in [0.15, 0.2) is 0 Å². The van der Waals surface area contributed by atoms with Gasteiger partial charge in [0.1, 0.15) is 5.76 Å². The fraction of sp³-hybridized carbons (Fsp3) is 0.300. The lowest BCUT2D eigenvalue weighted by molar-refractivity contribution is 0.400. The quantitative estimate of drug-likeness (QED) is 0.714. The van der Waals surface area contributed by atoms with E-state index >= 15 is 0 Å². The molecule has 2 heterocycles. The highest BCUT2D eigenvalue weighted by Crippen LogP contribution is 2.11. The number of sulfonamides is 1. The molecule has 0 unspecified atom stereocenters. The van der Waals surface area contributed by atoms with Gasteiger partial charge in [-0.15, -0.1) is 0 Å². The number of nitrogens with two attached hydrogens (primary N) is 1. The second kappa shape index (κ2) is 5.34. The van der Waals surface area contributed by atoms with Gasteiger partial charge >= 0.3 is 0 Å². The fourth-order valence-electron chi connectivity index (χ4n) is 1.44. The molecule has 3 N–H and O–H groups in total. The van der Waals surface area contributed by atoms with Gasteiger partial charge in [-0.25, -0.2) is 18.5 Å². The van der Waals surface area contributed by atoms with E-state index in [1.165, 1.54) is 6.07 Å². The third-order valence-corrected chi connectivity index (χ3v) is 3.10. The smallest absolute Gasteiger partial charge is 0.271 e. The molecule has 98 valence electrons. The van der Waals surface area contributed by atoms with E-state index in [9.17, 15) is 8.42 Å². The highest BCUT2D eigenvalue weighted by Gasteiger charge is 2.12. The average Bonchev–Trinajstić information content (AvgIpc) is 2.95. The first-order valence-electron chi connectivity index (χ1n) is 5.34. The summed E-state index contributed by atoms with van der Waals surface area (Å²) in [7, 11) is -3.75. The molecule has 0 saturated carbocycles. The maximum Gasteiger partial charge on any atom is 0.271 e. The van der Waals surface area contributed by atoms with Gasteiger partial charge in [-0.1, -0.05) is 0 Å². The van der Waals surface area contributed by atoms with Gasteiger partial charge in [-0.2, -0.15) is 0 Å². The third-order valence-electron chi connectivity index (χ3n) is 2.32. The summed E-state index contributed by atoms with van der Waals surface area (Å²) < 4.78 is 29.0. The van der Waals surface area contributed by atoms with Crippen LogP contribution in [0.4, 0.5) is 0 Å². The molecule has 7 nitrogen and oxygen atoms in total. The Morgan fingerprint density at radius 1 is 1.44 bits per heavy atom. The van der Waals surface area contributed by atoms with E-state index < -0.39 is 10.0 Å². The van der Waals surface area contributed by atoms with Gasteiger partial charge in [0.2, 0.25) is 5.09 Å². The molecule has 0 aliphatic heterocycles. The van der Waals surface area contributed by atoms with Crippen LogP contribution in [0.25, 0.3) is 0 Å². The summed E-state index contributed by atoms with van der Waals surface area (Å²) in [5.41, 5.74) is 0. The number of hydrogen-bond donors (Lipinski definition) is 2. The van der Waals surface area contributed by atoms with Crippen molar-refractivity contribution in [2.24, 2.45) is 5.14 Å². The molecule has 18 heavy (non-hydrogen) atoms. The molecule has 0 amide bonds. The van der Waals surface area contributed by atoms with Crippen molar-refractivity contribution in [2.45, 2.75) is 18.2 Å². The molecular formula is C10H14N4O3S.